The van der Waals surface area contributed by atoms with E-state index in [1.54, 1.807) is 6.92 Å². The van der Waals surface area contributed by atoms with Crippen LogP contribution in [0.25, 0.3) is 5.69 Å². The maximum atomic E-state index is 12.6. The molecule has 1 aromatic heterocycles. The predicted molar refractivity (Wildman–Crippen MR) is 67.7 cm³/mol. The van der Waals surface area contributed by atoms with E-state index in [4.69, 9.17) is 28.9 Å². The molecule has 0 atom stereocenters. The van der Waals surface area contributed by atoms with Crippen LogP contribution in [-0.4, -0.2) is 9.78 Å². The van der Waals surface area contributed by atoms with Crippen molar-refractivity contribution in [3.05, 3.63) is 39.5 Å². The highest BCUT2D eigenvalue weighted by atomic mass is 35.5. The van der Waals surface area contributed by atoms with Gasteiger partial charge in [0.25, 0.3) is 0 Å². The molecule has 2 rings (SSSR count). The van der Waals surface area contributed by atoms with Gasteiger partial charge in [-0.2, -0.15) is 18.3 Å². The number of nitrogen functional groups attached to an aromatic ring is 1. The average molecular weight is 310 g/mol. The van der Waals surface area contributed by atoms with E-state index in [-0.39, 0.29) is 21.6 Å². The first-order chi connectivity index (χ1) is 8.71. The Balaban J connectivity index is 2.64. The minimum Gasteiger partial charge on any atom is -0.383 e. The topological polar surface area (TPSA) is 43.8 Å². The van der Waals surface area contributed by atoms with E-state index >= 15 is 0 Å². The number of hydrogen-bond acceptors (Lipinski definition) is 2. The van der Waals surface area contributed by atoms with Crippen LogP contribution in [0.3, 0.4) is 0 Å². The first-order valence-electron chi connectivity index (χ1n) is 5.08. The van der Waals surface area contributed by atoms with Crippen LogP contribution in [0.2, 0.25) is 10.0 Å². The highest BCUT2D eigenvalue weighted by Gasteiger charge is 2.32. The molecule has 3 nitrogen and oxygen atoms in total. The van der Waals surface area contributed by atoms with Crippen molar-refractivity contribution in [2.24, 2.45) is 0 Å². The van der Waals surface area contributed by atoms with E-state index in [0.717, 1.165) is 12.1 Å². The largest absolute Gasteiger partial charge is 0.416 e. The number of halogens is 5. The Morgan fingerprint density at radius 2 is 1.74 bits per heavy atom. The third kappa shape index (κ3) is 2.50. The summed E-state index contributed by atoms with van der Waals surface area (Å²) in [6.45, 7) is 1.71. The summed E-state index contributed by atoms with van der Waals surface area (Å²) in [6, 6.07) is 1.58. The van der Waals surface area contributed by atoms with Crippen molar-refractivity contribution in [1.29, 1.82) is 0 Å². The van der Waals surface area contributed by atoms with Gasteiger partial charge in [0.1, 0.15) is 11.5 Å². The maximum Gasteiger partial charge on any atom is 0.416 e. The van der Waals surface area contributed by atoms with Gasteiger partial charge in [-0.05, 0) is 19.1 Å². The Labute approximate surface area is 116 Å². The fourth-order valence-electron chi connectivity index (χ4n) is 1.55. The number of nitrogens with two attached hydrogens (primary N) is 1. The lowest BCUT2D eigenvalue weighted by atomic mass is 10.2. The van der Waals surface area contributed by atoms with Crippen molar-refractivity contribution in [1.82, 2.24) is 9.78 Å². The van der Waals surface area contributed by atoms with E-state index < -0.39 is 11.7 Å². The Bertz CT molecular complexity index is 612. The molecule has 1 aromatic carbocycles. The number of aromatic nitrogens is 2. The van der Waals surface area contributed by atoms with Gasteiger partial charge in [-0.15, -0.1) is 0 Å². The maximum absolute atomic E-state index is 12.6. The number of aryl methyl sites for hydroxylation is 1. The van der Waals surface area contributed by atoms with Crippen molar-refractivity contribution in [2.45, 2.75) is 13.1 Å². The monoisotopic (exact) mass is 309 g/mol. The average Bonchev–Trinajstić information content (AvgIpc) is 2.59. The molecule has 19 heavy (non-hydrogen) atoms. The lowest BCUT2D eigenvalue weighted by Gasteiger charge is -2.13. The highest BCUT2D eigenvalue weighted by molar-refractivity contribution is 6.37. The molecule has 102 valence electrons. The zero-order valence-corrected chi connectivity index (χ0v) is 11.1. The van der Waals surface area contributed by atoms with Crippen LogP contribution in [0.15, 0.2) is 18.3 Å². The first kappa shape index (κ1) is 14.0. The van der Waals surface area contributed by atoms with E-state index in [1.807, 2.05) is 0 Å². The first-order valence-corrected chi connectivity index (χ1v) is 5.84. The zero-order valence-electron chi connectivity index (χ0n) is 9.59. The highest BCUT2D eigenvalue weighted by Crippen LogP contribution is 2.38. The number of hydrogen-bond donors (Lipinski definition) is 1. The SMILES string of the molecule is Cc1cnn(-c2c(Cl)cc(C(F)(F)F)cc2Cl)c1N. The van der Waals surface area contributed by atoms with Crippen LogP contribution < -0.4 is 5.73 Å². The molecule has 0 bridgehead atoms. The number of anilines is 1. The third-order valence-electron chi connectivity index (χ3n) is 2.56. The molecule has 0 aliphatic rings. The Morgan fingerprint density at radius 1 is 1.21 bits per heavy atom. The summed E-state index contributed by atoms with van der Waals surface area (Å²) in [5, 5.41) is 3.60. The van der Waals surface area contributed by atoms with Crippen LogP contribution in [0.4, 0.5) is 19.0 Å². The normalized spacial score (nSPS) is 11.9. The summed E-state index contributed by atoms with van der Waals surface area (Å²) in [5.74, 6) is 0.267. The lowest BCUT2D eigenvalue weighted by molar-refractivity contribution is -0.137. The quantitative estimate of drug-likeness (QED) is 0.862. The second-order valence-electron chi connectivity index (χ2n) is 3.91. The molecular weight excluding hydrogens is 302 g/mol. The Hall–Kier alpha value is -1.40. The molecule has 2 aromatic rings. The summed E-state index contributed by atoms with van der Waals surface area (Å²) in [7, 11) is 0. The standard InChI is InChI=1S/C11H8Cl2F3N3/c1-5-4-18-19(10(5)17)9-7(12)2-6(3-8(9)13)11(14,15)16/h2-4H,17H2,1H3. The smallest absolute Gasteiger partial charge is 0.383 e. The minimum absolute atomic E-state index is 0.127. The van der Waals surface area contributed by atoms with E-state index in [1.165, 1.54) is 10.9 Å². The second-order valence-corrected chi connectivity index (χ2v) is 4.73. The van der Waals surface area contributed by atoms with Crippen LogP contribution in [-0.2, 0) is 6.18 Å². The van der Waals surface area contributed by atoms with Crippen LogP contribution in [0.1, 0.15) is 11.1 Å². The van der Waals surface area contributed by atoms with Gasteiger partial charge in [-0.3, -0.25) is 0 Å². The van der Waals surface area contributed by atoms with Crippen molar-refractivity contribution in [3.8, 4) is 5.69 Å². The van der Waals surface area contributed by atoms with Crippen LogP contribution in [0, 0.1) is 6.92 Å². The molecule has 2 N–H and O–H groups in total. The fraction of sp³-hybridized carbons (Fsp3) is 0.182. The Morgan fingerprint density at radius 3 is 2.11 bits per heavy atom. The minimum atomic E-state index is -4.52. The van der Waals surface area contributed by atoms with E-state index in [2.05, 4.69) is 5.10 Å². The molecule has 0 saturated heterocycles. The zero-order chi connectivity index (χ0) is 14.4. The predicted octanol–water partition coefficient (Wildman–Crippen LogP) is 4.09. The molecule has 0 aliphatic heterocycles. The van der Waals surface area contributed by atoms with Crippen molar-refractivity contribution < 1.29 is 13.2 Å². The molecule has 1 heterocycles. The summed E-state index contributed by atoms with van der Waals surface area (Å²) in [5.41, 5.74) is 5.63. The van der Waals surface area contributed by atoms with Gasteiger partial charge < -0.3 is 5.73 Å². The Kier molecular flexibility index (Phi) is 3.40. The van der Waals surface area contributed by atoms with Gasteiger partial charge in [0.15, 0.2) is 0 Å². The van der Waals surface area contributed by atoms with E-state index in [9.17, 15) is 13.2 Å². The molecule has 0 aliphatic carbocycles. The molecule has 0 amide bonds. The van der Waals surface area contributed by atoms with Gasteiger partial charge in [-0.1, -0.05) is 23.2 Å². The van der Waals surface area contributed by atoms with E-state index in [0.29, 0.717) is 5.56 Å². The molecule has 0 spiro atoms. The molecule has 0 unspecified atom stereocenters. The van der Waals surface area contributed by atoms with Crippen molar-refractivity contribution in [3.63, 3.8) is 0 Å². The van der Waals surface area contributed by atoms with Gasteiger partial charge in [-0.25, -0.2) is 4.68 Å². The molecule has 8 heteroatoms. The van der Waals surface area contributed by atoms with Crippen LogP contribution >= 0.6 is 23.2 Å². The van der Waals surface area contributed by atoms with Crippen molar-refractivity contribution >= 4 is 29.0 Å². The second kappa shape index (κ2) is 4.61. The number of alkyl halides is 3. The van der Waals surface area contributed by atoms with Gasteiger partial charge in [0.05, 0.1) is 21.8 Å². The fourth-order valence-corrected chi connectivity index (χ4v) is 2.20. The van der Waals surface area contributed by atoms with Crippen LogP contribution in [0.5, 0.6) is 0 Å². The number of benzene rings is 1. The van der Waals surface area contributed by atoms with Gasteiger partial charge >= 0.3 is 6.18 Å². The molecule has 0 saturated carbocycles. The third-order valence-corrected chi connectivity index (χ3v) is 3.13. The molecular formula is C11H8Cl2F3N3. The van der Waals surface area contributed by atoms with Gasteiger partial charge in [0.2, 0.25) is 0 Å². The number of nitrogens with zero attached hydrogens (tertiary/aromatic N) is 2. The summed E-state index contributed by atoms with van der Waals surface area (Å²) >= 11 is 11.7. The summed E-state index contributed by atoms with van der Waals surface area (Å²) < 4.78 is 39.0. The van der Waals surface area contributed by atoms with Gasteiger partial charge in [0, 0.05) is 5.56 Å². The summed E-state index contributed by atoms with van der Waals surface area (Å²) in [4.78, 5) is 0. The molecule has 0 radical (unpaired) electrons. The van der Waals surface area contributed by atoms with Crippen molar-refractivity contribution in [2.75, 3.05) is 5.73 Å². The lowest BCUT2D eigenvalue weighted by Crippen LogP contribution is -2.08. The molecule has 0 fully saturated rings. The number of rotatable bonds is 1. The summed E-state index contributed by atoms with van der Waals surface area (Å²) in [6.07, 6.45) is -3.04.